The number of halogens is 1. The first-order valence-electron chi connectivity index (χ1n) is 5.69. The average molecular weight is 258 g/mol. The molecule has 0 radical (unpaired) electrons. The highest BCUT2D eigenvalue weighted by molar-refractivity contribution is 6.32. The van der Waals surface area contributed by atoms with Gasteiger partial charge in [0.15, 0.2) is 5.82 Å². The Morgan fingerprint density at radius 3 is 2.94 bits per heavy atom. The van der Waals surface area contributed by atoms with Gasteiger partial charge in [-0.15, -0.1) is 0 Å². The third-order valence-electron chi connectivity index (χ3n) is 3.09. The standard InChI is InChI=1S/C11H16ClN3O2/c1-17-6-8-2-4-15(5-3-8)10-9(12)11(16)14-7-13-10/h7-8H,2-6H2,1H3,(H,13,14,16). The van der Waals surface area contributed by atoms with Crippen LogP contribution < -0.4 is 10.5 Å². The maximum Gasteiger partial charge on any atom is 0.271 e. The minimum absolute atomic E-state index is 0.178. The average Bonchev–Trinajstić information content (AvgIpc) is 2.34. The van der Waals surface area contributed by atoms with Crippen LogP contribution in [-0.2, 0) is 4.74 Å². The van der Waals surface area contributed by atoms with Gasteiger partial charge in [0.2, 0.25) is 0 Å². The zero-order valence-electron chi connectivity index (χ0n) is 9.78. The molecule has 1 aliphatic rings. The molecular weight excluding hydrogens is 242 g/mol. The molecule has 0 saturated carbocycles. The zero-order chi connectivity index (χ0) is 12.3. The molecule has 6 heteroatoms. The van der Waals surface area contributed by atoms with Gasteiger partial charge < -0.3 is 14.6 Å². The van der Waals surface area contributed by atoms with Crippen molar-refractivity contribution in [3.8, 4) is 0 Å². The van der Waals surface area contributed by atoms with Gasteiger partial charge in [0.05, 0.1) is 6.33 Å². The fourth-order valence-electron chi connectivity index (χ4n) is 2.14. The normalized spacial score (nSPS) is 17.4. The lowest BCUT2D eigenvalue weighted by molar-refractivity contribution is 0.139. The van der Waals surface area contributed by atoms with E-state index in [9.17, 15) is 4.79 Å². The fraction of sp³-hybridized carbons (Fsp3) is 0.636. The summed E-state index contributed by atoms with van der Waals surface area (Å²) in [5.74, 6) is 1.18. The molecule has 17 heavy (non-hydrogen) atoms. The van der Waals surface area contributed by atoms with Crippen molar-refractivity contribution >= 4 is 17.4 Å². The van der Waals surface area contributed by atoms with Gasteiger partial charge in [-0.05, 0) is 18.8 Å². The van der Waals surface area contributed by atoms with E-state index in [1.54, 1.807) is 7.11 Å². The molecule has 0 aliphatic carbocycles. The lowest BCUT2D eigenvalue weighted by Crippen LogP contribution is -2.36. The topological polar surface area (TPSA) is 58.2 Å². The first-order chi connectivity index (χ1) is 8.22. The molecule has 1 aromatic rings. The molecule has 94 valence electrons. The molecule has 0 bridgehead atoms. The van der Waals surface area contributed by atoms with Crippen molar-refractivity contribution in [2.75, 3.05) is 31.7 Å². The number of ether oxygens (including phenoxy) is 1. The van der Waals surface area contributed by atoms with E-state index in [4.69, 9.17) is 16.3 Å². The zero-order valence-corrected chi connectivity index (χ0v) is 10.5. The molecule has 1 N–H and O–H groups in total. The van der Waals surface area contributed by atoms with Crippen molar-refractivity contribution in [3.05, 3.63) is 21.7 Å². The van der Waals surface area contributed by atoms with Gasteiger partial charge in [0, 0.05) is 26.8 Å². The second-order valence-electron chi connectivity index (χ2n) is 4.26. The van der Waals surface area contributed by atoms with Gasteiger partial charge in [-0.25, -0.2) is 4.98 Å². The van der Waals surface area contributed by atoms with Gasteiger partial charge in [0.1, 0.15) is 5.02 Å². The molecule has 2 rings (SSSR count). The largest absolute Gasteiger partial charge is 0.384 e. The lowest BCUT2D eigenvalue weighted by Gasteiger charge is -2.32. The van der Waals surface area contributed by atoms with Gasteiger partial charge in [0.25, 0.3) is 5.56 Å². The molecule has 1 aromatic heterocycles. The third kappa shape index (κ3) is 2.79. The highest BCUT2D eigenvalue weighted by atomic mass is 35.5. The summed E-state index contributed by atoms with van der Waals surface area (Å²) in [7, 11) is 1.72. The van der Waals surface area contributed by atoms with E-state index in [-0.39, 0.29) is 10.6 Å². The maximum atomic E-state index is 11.4. The van der Waals surface area contributed by atoms with Gasteiger partial charge in [-0.3, -0.25) is 4.79 Å². The van der Waals surface area contributed by atoms with Gasteiger partial charge in [-0.2, -0.15) is 0 Å². The number of hydrogen-bond acceptors (Lipinski definition) is 4. The number of nitrogens with one attached hydrogen (secondary N) is 1. The van der Waals surface area contributed by atoms with E-state index in [2.05, 4.69) is 14.9 Å². The minimum atomic E-state index is -0.282. The molecule has 0 spiro atoms. The Balaban J connectivity index is 2.05. The van der Waals surface area contributed by atoms with Crippen LogP contribution in [-0.4, -0.2) is 36.8 Å². The van der Waals surface area contributed by atoms with E-state index in [1.807, 2.05) is 0 Å². The molecule has 5 nitrogen and oxygen atoms in total. The molecule has 0 unspecified atom stereocenters. The Morgan fingerprint density at radius 2 is 2.29 bits per heavy atom. The number of nitrogens with zero attached hydrogens (tertiary/aromatic N) is 2. The highest BCUT2D eigenvalue weighted by Crippen LogP contribution is 2.25. The van der Waals surface area contributed by atoms with Crippen LogP contribution in [0.1, 0.15) is 12.8 Å². The van der Waals surface area contributed by atoms with E-state index in [0.717, 1.165) is 32.5 Å². The van der Waals surface area contributed by atoms with Crippen molar-refractivity contribution in [1.29, 1.82) is 0 Å². The summed E-state index contributed by atoms with van der Waals surface area (Å²) in [5, 5.41) is 0.178. The van der Waals surface area contributed by atoms with Crippen molar-refractivity contribution in [2.24, 2.45) is 5.92 Å². The number of piperidine rings is 1. The molecule has 0 atom stereocenters. The Labute approximate surface area is 105 Å². The van der Waals surface area contributed by atoms with Crippen LogP contribution in [0.15, 0.2) is 11.1 Å². The number of anilines is 1. The first kappa shape index (κ1) is 12.4. The van der Waals surface area contributed by atoms with Crippen molar-refractivity contribution in [1.82, 2.24) is 9.97 Å². The molecule has 1 saturated heterocycles. The van der Waals surface area contributed by atoms with E-state index in [0.29, 0.717) is 11.7 Å². The van der Waals surface area contributed by atoms with Gasteiger partial charge >= 0.3 is 0 Å². The number of methoxy groups -OCH3 is 1. The number of aromatic amines is 1. The Kier molecular flexibility index (Phi) is 4.02. The van der Waals surface area contributed by atoms with Crippen LogP contribution >= 0.6 is 11.6 Å². The highest BCUT2D eigenvalue weighted by Gasteiger charge is 2.22. The second-order valence-corrected chi connectivity index (χ2v) is 4.63. The maximum absolute atomic E-state index is 11.4. The molecule has 0 amide bonds. The van der Waals surface area contributed by atoms with Gasteiger partial charge in [-0.1, -0.05) is 11.6 Å². The summed E-state index contributed by atoms with van der Waals surface area (Å²) in [6.07, 6.45) is 3.47. The van der Waals surface area contributed by atoms with Crippen LogP contribution in [0.4, 0.5) is 5.82 Å². The minimum Gasteiger partial charge on any atom is -0.384 e. The molecule has 2 heterocycles. The summed E-state index contributed by atoms with van der Waals surface area (Å²) in [4.78, 5) is 20.0. The Bertz CT molecular complexity index is 427. The Hall–Kier alpha value is -1.07. The number of rotatable bonds is 3. The monoisotopic (exact) mass is 257 g/mol. The number of H-pyrrole nitrogens is 1. The summed E-state index contributed by atoms with van der Waals surface area (Å²) in [5.41, 5.74) is -0.282. The third-order valence-corrected chi connectivity index (χ3v) is 3.44. The SMILES string of the molecule is COCC1CCN(c2nc[nH]c(=O)c2Cl)CC1. The molecular formula is C11H16ClN3O2. The molecule has 1 aliphatic heterocycles. The predicted octanol–water partition coefficient (Wildman–Crippen LogP) is 1.29. The van der Waals surface area contributed by atoms with Crippen LogP contribution in [0, 0.1) is 5.92 Å². The smallest absolute Gasteiger partial charge is 0.271 e. The summed E-state index contributed by atoms with van der Waals surface area (Å²) in [6, 6.07) is 0. The summed E-state index contributed by atoms with van der Waals surface area (Å²) < 4.78 is 5.15. The Morgan fingerprint density at radius 1 is 1.59 bits per heavy atom. The van der Waals surface area contributed by atoms with E-state index in [1.165, 1.54) is 6.33 Å². The molecule has 0 aromatic carbocycles. The second kappa shape index (κ2) is 5.51. The van der Waals surface area contributed by atoms with Crippen molar-refractivity contribution < 1.29 is 4.74 Å². The van der Waals surface area contributed by atoms with Crippen LogP contribution in [0.25, 0.3) is 0 Å². The van der Waals surface area contributed by atoms with Crippen molar-refractivity contribution in [2.45, 2.75) is 12.8 Å². The van der Waals surface area contributed by atoms with Crippen LogP contribution in [0.3, 0.4) is 0 Å². The number of hydrogen-bond donors (Lipinski definition) is 1. The quantitative estimate of drug-likeness (QED) is 0.886. The lowest BCUT2D eigenvalue weighted by atomic mass is 9.98. The van der Waals surface area contributed by atoms with Crippen molar-refractivity contribution in [3.63, 3.8) is 0 Å². The predicted molar refractivity (Wildman–Crippen MR) is 66.7 cm³/mol. The van der Waals surface area contributed by atoms with E-state index < -0.39 is 0 Å². The van der Waals surface area contributed by atoms with Crippen LogP contribution in [0.2, 0.25) is 5.02 Å². The summed E-state index contributed by atoms with van der Waals surface area (Å²) in [6.45, 7) is 2.53. The first-order valence-corrected chi connectivity index (χ1v) is 6.07. The fourth-order valence-corrected chi connectivity index (χ4v) is 2.36. The summed E-state index contributed by atoms with van der Waals surface area (Å²) >= 11 is 5.95. The van der Waals surface area contributed by atoms with E-state index >= 15 is 0 Å². The van der Waals surface area contributed by atoms with Crippen LogP contribution in [0.5, 0.6) is 0 Å². The molecule has 1 fully saturated rings. The number of aromatic nitrogens is 2.